The van der Waals surface area contributed by atoms with Crippen LogP contribution >= 0.6 is 0 Å². The molecular formula is C19H32N4O2. The van der Waals surface area contributed by atoms with Crippen molar-refractivity contribution < 1.29 is 9.47 Å². The van der Waals surface area contributed by atoms with Crippen molar-refractivity contribution in [2.75, 3.05) is 59.7 Å². The maximum absolute atomic E-state index is 5.52. The molecule has 0 aliphatic carbocycles. The van der Waals surface area contributed by atoms with Crippen molar-refractivity contribution in [2.45, 2.75) is 19.9 Å². The van der Waals surface area contributed by atoms with Crippen molar-refractivity contribution >= 4 is 5.96 Å². The quantitative estimate of drug-likeness (QED) is 0.424. The average molecular weight is 348 g/mol. The SMILES string of the molecule is CCOCCNC(=NC)NCC(c1ccc(C)cc1)N1CCOCC1. The van der Waals surface area contributed by atoms with E-state index in [1.165, 1.54) is 11.1 Å². The molecule has 0 amide bonds. The Morgan fingerprint density at radius 3 is 2.60 bits per heavy atom. The molecule has 1 saturated heterocycles. The molecule has 1 aliphatic rings. The Kier molecular flexibility index (Phi) is 8.72. The monoisotopic (exact) mass is 348 g/mol. The minimum absolute atomic E-state index is 0.301. The number of aliphatic imine (C=N–C) groups is 1. The highest BCUT2D eigenvalue weighted by molar-refractivity contribution is 5.79. The summed E-state index contributed by atoms with van der Waals surface area (Å²) in [5.41, 5.74) is 2.61. The molecule has 0 bridgehead atoms. The van der Waals surface area contributed by atoms with Gasteiger partial charge in [0.15, 0.2) is 5.96 Å². The van der Waals surface area contributed by atoms with Gasteiger partial charge in [0, 0.05) is 39.8 Å². The fourth-order valence-corrected chi connectivity index (χ4v) is 2.94. The predicted molar refractivity (Wildman–Crippen MR) is 102 cm³/mol. The number of ether oxygens (including phenoxy) is 2. The molecule has 6 heteroatoms. The largest absolute Gasteiger partial charge is 0.380 e. The zero-order chi connectivity index (χ0) is 17.9. The van der Waals surface area contributed by atoms with E-state index in [4.69, 9.17) is 9.47 Å². The van der Waals surface area contributed by atoms with Crippen molar-refractivity contribution in [3.8, 4) is 0 Å². The highest BCUT2D eigenvalue weighted by Crippen LogP contribution is 2.21. The molecule has 1 aliphatic heterocycles. The van der Waals surface area contributed by atoms with Gasteiger partial charge in [0.05, 0.1) is 25.9 Å². The minimum Gasteiger partial charge on any atom is -0.380 e. The van der Waals surface area contributed by atoms with E-state index in [9.17, 15) is 0 Å². The average Bonchev–Trinajstić information content (AvgIpc) is 2.66. The van der Waals surface area contributed by atoms with Crippen molar-refractivity contribution in [3.05, 3.63) is 35.4 Å². The molecular weight excluding hydrogens is 316 g/mol. The van der Waals surface area contributed by atoms with Crippen LogP contribution in [0.25, 0.3) is 0 Å². The first-order valence-corrected chi connectivity index (χ1v) is 9.15. The molecule has 2 rings (SSSR count). The van der Waals surface area contributed by atoms with E-state index in [0.717, 1.165) is 52.0 Å². The first kappa shape index (κ1) is 19.7. The number of hydrogen-bond acceptors (Lipinski definition) is 4. The van der Waals surface area contributed by atoms with Crippen LogP contribution in [0.2, 0.25) is 0 Å². The van der Waals surface area contributed by atoms with Crippen LogP contribution in [-0.2, 0) is 9.47 Å². The molecule has 1 heterocycles. The summed E-state index contributed by atoms with van der Waals surface area (Å²) in [5.74, 6) is 0.810. The lowest BCUT2D eigenvalue weighted by Gasteiger charge is -2.35. The van der Waals surface area contributed by atoms with E-state index in [-0.39, 0.29) is 0 Å². The molecule has 25 heavy (non-hydrogen) atoms. The number of nitrogens with one attached hydrogen (secondary N) is 2. The number of benzene rings is 1. The molecule has 6 nitrogen and oxygen atoms in total. The lowest BCUT2D eigenvalue weighted by Crippen LogP contribution is -2.46. The van der Waals surface area contributed by atoms with Gasteiger partial charge in [-0.2, -0.15) is 0 Å². The van der Waals surface area contributed by atoms with Crippen LogP contribution < -0.4 is 10.6 Å². The number of rotatable bonds is 8. The summed E-state index contributed by atoms with van der Waals surface area (Å²) in [6, 6.07) is 9.11. The number of morpholine rings is 1. The molecule has 1 aromatic carbocycles. The Morgan fingerprint density at radius 1 is 1.24 bits per heavy atom. The van der Waals surface area contributed by atoms with E-state index in [1.54, 1.807) is 7.05 Å². The van der Waals surface area contributed by atoms with Gasteiger partial charge in [-0.1, -0.05) is 29.8 Å². The summed E-state index contributed by atoms with van der Waals surface area (Å²) in [6.07, 6.45) is 0. The van der Waals surface area contributed by atoms with Crippen LogP contribution in [0.1, 0.15) is 24.1 Å². The van der Waals surface area contributed by atoms with E-state index in [0.29, 0.717) is 12.6 Å². The van der Waals surface area contributed by atoms with E-state index >= 15 is 0 Å². The van der Waals surface area contributed by atoms with E-state index in [2.05, 4.69) is 51.7 Å². The van der Waals surface area contributed by atoms with Gasteiger partial charge in [0.2, 0.25) is 0 Å². The molecule has 0 aromatic heterocycles. The zero-order valence-corrected chi connectivity index (χ0v) is 15.8. The van der Waals surface area contributed by atoms with Gasteiger partial charge < -0.3 is 20.1 Å². The summed E-state index contributed by atoms with van der Waals surface area (Å²) in [7, 11) is 1.80. The topological polar surface area (TPSA) is 58.1 Å². The number of aryl methyl sites for hydroxylation is 1. The molecule has 2 N–H and O–H groups in total. The second-order valence-electron chi connectivity index (χ2n) is 6.15. The van der Waals surface area contributed by atoms with Gasteiger partial charge in [-0.15, -0.1) is 0 Å². The maximum Gasteiger partial charge on any atom is 0.191 e. The van der Waals surface area contributed by atoms with Crippen molar-refractivity contribution in [1.29, 1.82) is 0 Å². The predicted octanol–water partition coefficient (Wildman–Crippen LogP) is 1.57. The summed E-state index contributed by atoms with van der Waals surface area (Å²) in [5, 5.41) is 6.75. The molecule has 1 fully saturated rings. The highest BCUT2D eigenvalue weighted by atomic mass is 16.5. The Bertz CT molecular complexity index is 513. The highest BCUT2D eigenvalue weighted by Gasteiger charge is 2.22. The third-order valence-corrected chi connectivity index (χ3v) is 4.38. The van der Waals surface area contributed by atoms with Crippen molar-refractivity contribution in [3.63, 3.8) is 0 Å². The second-order valence-corrected chi connectivity index (χ2v) is 6.15. The van der Waals surface area contributed by atoms with Gasteiger partial charge in [-0.3, -0.25) is 9.89 Å². The zero-order valence-electron chi connectivity index (χ0n) is 15.8. The molecule has 140 valence electrons. The van der Waals surface area contributed by atoms with Crippen LogP contribution in [0.3, 0.4) is 0 Å². The van der Waals surface area contributed by atoms with Gasteiger partial charge in [0.25, 0.3) is 0 Å². The molecule has 0 spiro atoms. The van der Waals surface area contributed by atoms with E-state index < -0.39 is 0 Å². The lowest BCUT2D eigenvalue weighted by molar-refractivity contribution is 0.0170. The molecule has 1 atom stereocenters. The number of guanidine groups is 1. The third kappa shape index (κ3) is 6.65. The van der Waals surface area contributed by atoms with E-state index in [1.807, 2.05) is 6.92 Å². The first-order valence-electron chi connectivity index (χ1n) is 9.15. The Hall–Kier alpha value is -1.63. The summed E-state index contributed by atoms with van der Waals surface area (Å²) < 4.78 is 10.9. The second kappa shape index (κ2) is 11.1. The minimum atomic E-state index is 0.301. The summed E-state index contributed by atoms with van der Waals surface area (Å²) >= 11 is 0. The molecule has 0 saturated carbocycles. The van der Waals surface area contributed by atoms with Crippen LogP contribution in [0.15, 0.2) is 29.3 Å². The summed E-state index contributed by atoms with van der Waals surface area (Å²) in [6.45, 7) is 10.6. The maximum atomic E-state index is 5.52. The standard InChI is InChI=1S/C19H32N4O2/c1-4-24-12-9-21-19(20-3)22-15-18(23-10-13-25-14-11-23)17-7-5-16(2)6-8-17/h5-8,18H,4,9-15H2,1-3H3,(H2,20,21,22). The first-order chi connectivity index (χ1) is 12.2. The summed E-state index contributed by atoms with van der Waals surface area (Å²) in [4.78, 5) is 6.79. The van der Waals surface area contributed by atoms with Crippen LogP contribution in [0, 0.1) is 6.92 Å². The van der Waals surface area contributed by atoms with Crippen molar-refractivity contribution in [1.82, 2.24) is 15.5 Å². The normalized spacial score (nSPS) is 17.3. The fourth-order valence-electron chi connectivity index (χ4n) is 2.94. The number of hydrogen-bond donors (Lipinski definition) is 2. The van der Waals surface area contributed by atoms with Crippen LogP contribution in [0.4, 0.5) is 0 Å². The molecule has 0 radical (unpaired) electrons. The van der Waals surface area contributed by atoms with Gasteiger partial charge in [0.1, 0.15) is 0 Å². The van der Waals surface area contributed by atoms with Crippen LogP contribution in [-0.4, -0.2) is 70.5 Å². The Labute approximate surface area is 151 Å². The fraction of sp³-hybridized carbons (Fsp3) is 0.632. The van der Waals surface area contributed by atoms with Gasteiger partial charge >= 0.3 is 0 Å². The third-order valence-electron chi connectivity index (χ3n) is 4.38. The Morgan fingerprint density at radius 2 is 1.96 bits per heavy atom. The Balaban J connectivity index is 1.96. The van der Waals surface area contributed by atoms with Crippen LogP contribution in [0.5, 0.6) is 0 Å². The number of nitrogens with zero attached hydrogens (tertiary/aromatic N) is 2. The van der Waals surface area contributed by atoms with Crippen molar-refractivity contribution in [2.24, 2.45) is 4.99 Å². The smallest absolute Gasteiger partial charge is 0.191 e. The van der Waals surface area contributed by atoms with Gasteiger partial charge in [-0.05, 0) is 19.4 Å². The lowest BCUT2D eigenvalue weighted by atomic mass is 10.0. The van der Waals surface area contributed by atoms with Gasteiger partial charge in [-0.25, -0.2) is 0 Å². The molecule has 1 unspecified atom stereocenters. The molecule has 1 aromatic rings.